The average Bonchev–Trinajstić information content (AvgIpc) is 3.21. The highest BCUT2D eigenvalue weighted by Gasteiger charge is 2.11. The fourth-order valence-electron chi connectivity index (χ4n) is 2.69. The van der Waals surface area contributed by atoms with Crippen molar-refractivity contribution in [2.75, 3.05) is 11.9 Å². The summed E-state index contributed by atoms with van der Waals surface area (Å²) in [5.41, 5.74) is 2.80. The van der Waals surface area contributed by atoms with Crippen LogP contribution in [-0.2, 0) is 22.3 Å². The lowest BCUT2D eigenvalue weighted by Crippen LogP contribution is -2.25. The fraction of sp³-hybridized carbons (Fsp3) is 0.143. The van der Waals surface area contributed by atoms with Gasteiger partial charge in [0.2, 0.25) is 10.0 Å². The maximum absolute atomic E-state index is 12.4. The van der Waals surface area contributed by atoms with Gasteiger partial charge in [-0.3, -0.25) is 9.48 Å². The largest absolute Gasteiger partial charge is 0.322 e. The van der Waals surface area contributed by atoms with E-state index in [0.29, 0.717) is 23.4 Å². The second kappa shape index (κ2) is 9.31. The minimum atomic E-state index is -3.41. The second-order valence-corrected chi connectivity index (χ2v) is 8.25. The molecule has 0 aliphatic rings. The summed E-state index contributed by atoms with van der Waals surface area (Å²) < 4.78 is 28.0. The second-order valence-electron chi connectivity index (χ2n) is 6.45. The number of nitrogens with one attached hydrogen (secondary N) is 2. The lowest BCUT2D eigenvalue weighted by Gasteiger charge is -2.08. The molecule has 0 radical (unpaired) electrons. The normalized spacial score (nSPS) is 11.2. The van der Waals surface area contributed by atoms with Gasteiger partial charge in [0, 0.05) is 30.2 Å². The maximum Gasteiger partial charge on any atom is 0.255 e. The minimum absolute atomic E-state index is 0.132. The summed E-state index contributed by atoms with van der Waals surface area (Å²) in [5.74, 6) is -0.365. The Morgan fingerprint density at radius 2 is 1.76 bits per heavy atom. The molecule has 0 spiro atoms. The first-order valence-corrected chi connectivity index (χ1v) is 10.7. The molecule has 0 fully saturated rings. The van der Waals surface area contributed by atoms with Crippen molar-refractivity contribution in [1.29, 1.82) is 0 Å². The number of carbonyl (C=O) groups is 1. The number of hydrogen-bond acceptors (Lipinski definition) is 4. The molecule has 29 heavy (non-hydrogen) atoms. The van der Waals surface area contributed by atoms with Gasteiger partial charge in [0.05, 0.1) is 12.3 Å². The molecule has 1 aromatic heterocycles. The third-order valence-electron chi connectivity index (χ3n) is 4.14. The Kier molecular flexibility index (Phi) is 6.58. The van der Waals surface area contributed by atoms with Gasteiger partial charge in [0.25, 0.3) is 5.91 Å². The topological polar surface area (TPSA) is 93.1 Å². The number of aromatic nitrogens is 2. The van der Waals surface area contributed by atoms with Gasteiger partial charge in [-0.1, -0.05) is 30.3 Å². The molecule has 2 aromatic carbocycles. The first-order valence-electron chi connectivity index (χ1n) is 9.00. The summed E-state index contributed by atoms with van der Waals surface area (Å²) in [6, 6.07) is 15.9. The monoisotopic (exact) mass is 410 g/mol. The summed E-state index contributed by atoms with van der Waals surface area (Å²) in [7, 11) is -3.41. The van der Waals surface area contributed by atoms with Crippen LogP contribution >= 0.6 is 0 Å². The summed E-state index contributed by atoms with van der Waals surface area (Å²) in [4.78, 5) is 12.4. The van der Waals surface area contributed by atoms with Crippen LogP contribution in [0.2, 0.25) is 0 Å². The molecule has 1 amide bonds. The molecule has 0 aliphatic heterocycles. The van der Waals surface area contributed by atoms with Gasteiger partial charge >= 0.3 is 0 Å². The molecule has 1 heterocycles. The molecule has 0 aliphatic carbocycles. The maximum atomic E-state index is 12.4. The predicted molar refractivity (Wildman–Crippen MR) is 113 cm³/mol. The number of benzene rings is 2. The molecule has 3 rings (SSSR count). The van der Waals surface area contributed by atoms with Crippen LogP contribution < -0.4 is 10.0 Å². The van der Waals surface area contributed by atoms with Crippen LogP contribution in [0.15, 0.2) is 79.6 Å². The Bertz CT molecular complexity index is 1060. The molecule has 0 bridgehead atoms. The summed E-state index contributed by atoms with van der Waals surface area (Å²) >= 11 is 0. The van der Waals surface area contributed by atoms with Crippen LogP contribution in [0, 0.1) is 0 Å². The quantitative estimate of drug-likeness (QED) is 0.531. The van der Waals surface area contributed by atoms with E-state index in [1.165, 1.54) is 6.08 Å². The molecule has 2 N–H and O–H groups in total. The standard InChI is InChI=1S/C21H22N4O3S/c1-2-12-23-29(27,28)16-18-6-10-20(11-7-18)24-21(26)19-8-4-17(5-9-19)15-25-14-3-13-22-25/h2-11,13-14,23H,1,12,15-16H2,(H,24,26). The van der Waals surface area contributed by atoms with Crippen LogP contribution in [0.5, 0.6) is 0 Å². The lowest BCUT2D eigenvalue weighted by atomic mass is 10.1. The van der Waals surface area contributed by atoms with E-state index in [4.69, 9.17) is 0 Å². The van der Waals surface area contributed by atoms with E-state index in [0.717, 1.165) is 5.56 Å². The average molecular weight is 410 g/mol. The summed E-state index contributed by atoms with van der Waals surface area (Å²) in [6.45, 7) is 4.32. The van der Waals surface area contributed by atoms with Crippen molar-refractivity contribution in [3.05, 3.63) is 96.3 Å². The Hall–Kier alpha value is -3.23. The van der Waals surface area contributed by atoms with E-state index in [1.807, 2.05) is 29.1 Å². The van der Waals surface area contributed by atoms with Gasteiger partial charge in [-0.2, -0.15) is 5.10 Å². The zero-order chi connectivity index (χ0) is 20.7. The molecule has 7 nitrogen and oxygen atoms in total. The number of carbonyl (C=O) groups excluding carboxylic acids is 1. The molecular formula is C21H22N4O3S. The third-order valence-corrected chi connectivity index (χ3v) is 5.46. The number of sulfonamides is 1. The SMILES string of the molecule is C=CCNS(=O)(=O)Cc1ccc(NC(=O)c2ccc(Cn3cccn3)cc2)cc1. The van der Waals surface area contributed by atoms with Gasteiger partial charge in [-0.05, 0) is 41.5 Å². The smallest absolute Gasteiger partial charge is 0.255 e. The zero-order valence-corrected chi connectivity index (χ0v) is 16.6. The molecule has 0 atom stereocenters. The molecule has 0 saturated heterocycles. The van der Waals surface area contributed by atoms with Crippen molar-refractivity contribution in [3.63, 3.8) is 0 Å². The van der Waals surface area contributed by atoms with E-state index < -0.39 is 10.0 Å². The van der Waals surface area contributed by atoms with Crippen molar-refractivity contribution < 1.29 is 13.2 Å². The van der Waals surface area contributed by atoms with Crippen molar-refractivity contribution in [3.8, 4) is 0 Å². The molecule has 0 unspecified atom stereocenters. The van der Waals surface area contributed by atoms with Gasteiger partial charge in [-0.15, -0.1) is 6.58 Å². The highest BCUT2D eigenvalue weighted by Crippen LogP contribution is 2.14. The number of nitrogens with zero attached hydrogens (tertiary/aromatic N) is 2. The van der Waals surface area contributed by atoms with Crippen LogP contribution in [0.4, 0.5) is 5.69 Å². The number of hydrogen-bond donors (Lipinski definition) is 2. The van der Waals surface area contributed by atoms with E-state index in [1.54, 1.807) is 42.6 Å². The summed E-state index contributed by atoms with van der Waals surface area (Å²) in [5, 5.41) is 6.97. The number of rotatable bonds is 9. The highest BCUT2D eigenvalue weighted by atomic mass is 32.2. The van der Waals surface area contributed by atoms with Crippen molar-refractivity contribution in [2.45, 2.75) is 12.3 Å². The van der Waals surface area contributed by atoms with Gasteiger partial charge in [0.15, 0.2) is 0 Å². The molecular weight excluding hydrogens is 388 g/mol. The first kappa shape index (κ1) is 20.5. The van der Waals surface area contributed by atoms with E-state index in [9.17, 15) is 13.2 Å². The third kappa shape index (κ3) is 6.13. The molecule has 150 valence electrons. The van der Waals surface area contributed by atoms with Crippen LogP contribution in [0.25, 0.3) is 0 Å². The van der Waals surface area contributed by atoms with E-state index in [2.05, 4.69) is 21.7 Å². The van der Waals surface area contributed by atoms with Gasteiger partial charge < -0.3 is 5.32 Å². The van der Waals surface area contributed by atoms with E-state index >= 15 is 0 Å². The lowest BCUT2D eigenvalue weighted by molar-refractivity contribution is 0.102. The van der Waals surface area contributed by atoms with Gasteiger partial charge in [-0.25, -0.2) is 13.1 Å². The molecule has 8 heteroatoms. The fourth-order valence-corrected chi connectivity index (χ4v) is 3.79. The first-order chi connectivity index (χ1) is 13.9. The zero-order valence-electron chi connectivity index (χ0n) is 15.8. The van der Waals surface area contributed by atoms with E-state index in [-0.39, 0.29) is 18.2 Å². The van der Waals surface area contributed by atoms with Crippen molar-refractivity contribution in [2.24, 2.45) is 0 Å². The molecule has 3 aromatic rings. The van der Waals surface area contributed by atoms with Crippen LogP contribution in [0.1, 0.15) is 21.5 Å². The Balaban J connectivity index is 1.58. The van der Waals surface area contributed by atoms with Crippen LogP contribution in [0.3, 0.4) is 0 Å². The highest BCUT2D eigenvalue weighted by molar-refractivity contribution is 7.88. The Morgan fingerprint density at radius 1 is 1.07 bits per heavy atom. The predicted octanol–water partition coefficient (Wildman–Crippen LogP) is 2.79. The van der Waals surface area contributed by atoms with Gasteiger partial charge in [0.1, 0.15) is 0 Å². The Morgan fingerprint density at radius 3 is 2.38 bits per heavy atom. The van der Waals surface area contributed by atoms with Crippen molar-refractivity contribution >= 4 is 21.6 Å². The number of amides is 1. The summed E-state index contributed by atoms with van der Waals surface area (Å²) in [6.07, 6.45) is 5.09. The Labute approximate surface area is 170 Å². The minimum Gasteiger partial charge on any atom is -0.322 e. The van der Waals surface area contributed by atoms with Crippen molar-refractivity contribution in [1.82, 2.24) is 14.5 Å². The molecule has 0 saturated carbocycles. The van der Waals surface area contributed by atoms with Crippen LogP contribution in [-0.4, -0.2) is 30.7 Å². The number of anilines is 1.